The molecule has 134 valence electrons. The summed E-state index contributed by atoms with van der Waals surface area (Å²) in [6.07, 6.45) is 0. The highest BCUT2D eigenvalue weighted by Crippen LogP contribution is 2.28. The van der Waals surface area contributed by atoms with Crippen molar-refractivity contribution in [2.45, 2.75) is 0 Å². The van der Waals surface area contributed by atoms with Crippen molar-refractivity contribution in [1.29, 1.82) is 0 Å². The van der Waals surface area contributed by atoms with Gasteiger partial charge in [-0.05, 0) is 36.4 Å². The minimum absolute atomic E-state index is 0.293. The number of benzene rings is 2. The number of hydrogen-bond acceptors (Lipinski definition) is 5. The predicted molar refractivity (Wildman–Crippen MR) is 105 cm³/mol. The largest absolute Gasteiger partial charge is 0.465 e. The number of nitrogens with zero attached hydrogens (tertiary/aromatic N) is 1. The standard InChI is InChI=1S/C20H15N3O3S/c1-26-20(25)17-11-10-16(27-17)19(24)23-13-7-3-2-6-12(13)18-21-14-8-4-5-9-15(14)22-18/h2-11H,1H3,(H,21,22)(H,23,24). The van der Waals surface area contributed by atoms with Crippen molar-refractivity contribution in [3.8, 4) is 11.4 Å². The SMILES string of the molecule is COC(=O)c1ccc(C(=O)Nc2ccccc2-c2nc3ccccc3[nH]2)s1. The second-order valence-electron chi connectivity index (χ2n) is 5.76. The number of rotatable bonds is 4. The van der Waals surface area contributed by atoms with Crippen molar-refractivity contribution >= 4 is 39.9 Å². The van der Waals surface area contributed by atoms with Gasteiger partial charge in [-0.1, -0.05) is 24.3 Å². The highest BCUT2D eigenvalue weighted by atomic mass is 32.1. The van der Waals surface area contributed by atoms with Crippen molar-refractivity contribution in [3.63, 3.8) is 0 Å². The van der Waals surface area contributed by atoms with Crippen molar-refractivity contribution in [1.82, 2.24) is 9.97 Å². The number of nitrogens with one attached hydrogen (secondary N) is 2. The first-order valence-corrected chi connectivity index (χ1v) is 9.01. The second kappa shape index (κ2) is 7.05. The quantitative estimate of drug-likeness (QED) is 0.519. The number of thiophene rings is 1. The number of hydrogen-bond donors (Lipinski definition) is 2. The molecule has 0 aliphatic heterocycles. The zero-order valence-corrected chi connectivity index (χ0v) is 15.2. The van der Waals surface area contributed by atoms with E-state index in [1.165, 1.54) is 7.11 Å². The van der Waals surface area contributed by atoms with Crippen LogP contribution in [0.2, 0.25) is 0 Å². The maximum atomic E-state index is 12.6. The van der Waals surface area contributed by atoms with Gasteiger partial charge in [0.1, 0.15) is 10.7 Å². The topological polar surface area (TPSA) is 84.1 Å². The molecule has 2 aromatic carbocycles. The maximum Gasteiger partial charge on any atom is 0.348 e. The van der Waals surface area contributed by atoms with Gasteiger partial charge in [-0.15, -0.1) is 11.3 Å². The number of methoxy groups -OCH3 is 1. The van der Waals surface area contributed by atoms with Crippen LogP contribution in [-0.2, 0) is 4.74 Å². The summed E-state index contributed by atoms with van der Waals surface area (Å²) in [5.41, 5.74) is 3.20. The lowest BCUT2D eigenvalue weighted by Crippen LogP contribution is -2.11. The van der Waals surface area contributed by atoms with E-state index < -0.39 is 5.97 Å². The Morgan fingerprint density at radius 3 is 2.56 bits per heavy atom. The third kappa shape index (κ3) is 3.32. The van der Waals surface area contributed by atoms with Gasteiger partial charge in [0.2, 0.25) is 0 Å². The monoisotopic (exact) mass is 377 g/mol. The highest BCUT2D eigenvalue weighted by molar-refractivity contribution is 7.16. The molecule has 0 fully saturated rings. The molecule has 0 saturated carbocycles. The van der Waals surface area contributed by atoms with Gasteiger partial charge in [0.05, 0.1) is 28.7 Å². The van der Waals surface area contributed by atoms with Gasteiger partial charge in [-0.25, -0.2) is 9.78 Å². The summed E-state index contributed by atoms with van der Waals surface area (Å²) in [6.45, 7) is 0. The Kier molecular flexibility index (Phi) is 4.43. The van der Waals surface area contributed by atoms with Crippen LogP contribution in [0.25, 0.3) is 22.4 Å². The number of ether oxygens (including phenoxy) is 1. The average Bonchev–Trinajstić information content (AvgIpc) is 3.35. The molecular weight excluding hydrogens is 362 g/mol. The molecule has 7 heteroatoms. The summed E-state index contributed by atoms with van der Waals surface area (Å²) in [6, 6.07) is 18.4. The molecule has 2 aromatic heterocycles. The van der Waals surface area contributed by atoms with Crippen molar-refractivity contribution < 1.29 is 14.3 Å². The molecule has 0 aliphatic carbocycles. The van der Waals surface area contributed by atoms with Crippen molar-refractivity contribution in [2.75, 3.05) is 12.4 Å². The summed E-state index contributed by atoms with van der Waals surface area (Å²) in [4.78, 5) is 32.9. The predicted octanol–water partition coefficient (Wildman–Crippen LogP) is 4.33. The number of carbonyl (C=O) groups excluding carboxylic acids is 2. The molecule has 0 saturated heterocycles. The number of fused-ring (bicyclic) bond motifs is 1. The number of H-pyrrole nitrogens is 1. The van der Waals surface area contributed by atoms with E-state index in [-0.39, 0.29) is 5.91 Å². The first-order chi connectivity index (χ1) is 13.2. The van der Waals surface area contributed by atoms with Gasteiger partial charge in [0.25, 0.3) is 5.91 Å². The summed E-state index contributed by atoms with van der Waals surface area (Å²) in [5, 5.41) is 2.90. The molecule has 4 rings (SSSR count). The molecule has 4 aromatic rings. The van der Waals surface area contributed by atoms with Crippen LogP contribution >= 0.6 is 11.3 Å². The van der Waals surface area contributed by atoms with E-state index in [2.05, 4.69) is 20.0 Å². The van der Waals surface area contributed by atoms with Gasteiger partial charge in [-0.3, -0.25) is 4.79 Å². The molecule has 0 atom stereocenters. The van der Waals surface area contributed by atoms with Gasteiger partial charge in [-0.2, -0.15) is 0 Å². The average molecular weight is 377 g/mol. The van der Waals surface area contributed by atoms with E-state index >= 15 is 0 Å². The molecule has 1 amide bonds. The fourth-order valence-corrected chi connectivity index (χ4v) is 3.55. The Bertz CT molecular complexity index is 1110. The molecule has 2 N–H and O–H groups in total. The lowest BCUT2D eigenvalue weighted by Gasteiger charge is -2.08. The van der Waals surface area contributed by atoms with Crippen LogP contribution in [-0.4, -0.2) is 29.0 Å². The molecule has 0 aliphatic rings. The van der Waals surface area contributed by atoms with Crippen molar-refractivity contribution in [2.24, 2.45) is 0 Å². The number of carbonyl (C=O) groups is 2. The Labute approximate surface area is 158 Å². The van der Waals surface area contributed by atoms with Crippen LogP contribution in [0.5, 0.6) is 0 Å². The lowest BCUT2D eigenvalue weighted by atomic mass is 10.1. The second-order valence-corrected chi connectivity index (χ2v) is 6.84. The third-order valence-electron chi connectivity index (χ3n) is 4.04. The van der Waals surface area contributed by atoms with Crippen LogP contribution in [0.4, 0.5) is 5.69 Å². The van der Waals surface area contributed by atoms with Gasteiger partial charge in [0, 0.05) is 5.56 Å². The van der Waals surface area contributed by atoms with Crippen LogP contribution in [0, 0.1) is 0 Å². The van der Waals surface area contributed by atoms with E-state index in [1.807, 2.05) is 48.5 Å². The molecule has 0 radical (unpaired) electrons. The van der Waals surface area contributed by atoms with E-state index in [4.69, 9.17) is 0 Å². The Hall–Kier alpha value is -3.45. The highest BCUT2D eigenvalue weighted by Gasteiger charge is 2.16. The zero-order valence-electron chi connectivity index (χ0n) is 14.4. The van der Waals surface area contributed by atoms with Crippen LogP contribution in [0.1, 0.15) is 19.3 Å². The fraction of sp³-hybridized carbons (Fsp3) is 0.0500. The number of amides is 1. The van der Waals surface area contributed by atoms with Gasteiger partial charge < -0.3 is 15.0 Å². The number of aromatic nitrogens is 2. The molecule has 27 heavy (non-hydrogen) atoms. The fourth-order valence-electron chi connectivity index (χ4n) is 2.73. The Morgan fingerprint density at radius 1 is 1.00 bits per heavy atom. The number of aromatic amines is 1. The number of anilines is 1. The molecule has 0 unspecified atom stereocenters. The van der Waals surface area contributed by atoms with Gasteiger partial charge >= 0.3 is 5.97 Å². The van der Waals surface area contributed by atoms with E-state index in [1.54, 1.807) is 12.1 Å². The summed E-state index contributed by atoms with van der Waals surface area (Å²) < 4.78 is 4.68. The maximum absolute atomic E-state index is 12.6. The van der Waals surface area contributed by atoms with Crippen LogP contribution in [0.15, 0.2) is 60.7 Å². The normalized spacial score (nSPS) is 10.7. The lowest BCUT2D eigenvalue weighted by molar-refractivity contribution is 0.0606. The van der Waals surface area contributed by atoms with E-state index in [9.17, 15) is 9.59 Å². The number of esters is 1. The Balaban J connectivity index is 1.64. The summed E-state index contributed by atoms with van der Waals surface area (Å²) >= 11 is 1.09. The molecule has 0 spiro atoms. The van der Waals surface area contributed by atoms with E-state index in [0.717, 1.165) is 27.9 Å². The summed E-state index contributed by atoms with van der Waals surface area (Å²) in [7, 11) is 1.31. The van der Waals surface area contributed by atoms with Gasteiger partial charge in [0.15, 0.2) is 0 Å². The van der Waals surface area contributed by atoms with Crippen LogP contribution in [0.3, 0.4) is 0 Å². The van der Waals surface area contributed by atoms with Crippen molar-refractivity contribution in [3.05, 3.63) is 70.4 Å². The first-order valence-electron chi connectivity index (χ1n) is 8.19. The number of para-hydroxylation sites is 3. The minimum Gasteiger partial charge on any atom is -0.465 e. The number of imidazole rings is 1. The third-order valence-corrected chi connectivity index (χ3v) is 5.10. The molecule has 0 bridgehead atoms. The minimum atomic E-state index is -0.457. The van der Waals surface area contributed by atoms with Crippen LogP contribution < -0.4 is 5.32 Å². The van der Waals surface area contributed by atoms with E-state index in [0.29, 0.717) is 21.3 Å². The molecule has 6 nitrogen and oxygen atoms in total. The smallest absolute Gasteiger partial charge is 0.348 e. The molecule has 2 heterocycles. The zero-order chi connectivity index (χ0) is 18.8. The molecular formula is C20H15N3O3S. The summed E-state index contributed by atoms with van der Waals surface area (Å²) in [5.74, 6) is -0.0750. The Morgan fingerprint density at radius 2 is 1.74 bits per heavy atom. The first kappa shape index (κ1) is 17.0.